The van der Waals surface area contributed by atoms with Gasteiger partial charge in [-0.1, -0.05) is 147 Å². The molecule has 9 aromatic carbocycles. The van der Waals surface area contributed by atoms with Crippen LogP contribution in [0.3, 0.4) is 0 Å². The van der Waals surface area contributed by atoms with Crippen LogP contribution in [0.2, 0.25) is 0 Å². The van der Waals surface area contributed by atoms with Gasteiger partial charge in [-0.3, -0.25) is 0 Å². The van der Waals surface area contributed by atoms with Gasteiger partial charge in [0, 0.05) is 46.5 Å². The summed E-state index contributed by atoms with van der Waals surface area (Å²) in [5.74, 6) is 0. The first-order valence-corrected chi connectivity index (χ1v) is 23.0. The van der Waals surface area contributed by atoms with E-state index >= 15 is 0 Å². The van der Waals surface area contributed by atoms with Crippen molar-refractivity contribution in [1.82, 2.24) is 0 Å². The minimum absolute atomic E-state index is 0.151. The molecule has 0 bridgehead atoms. The number of rotatable bonds is 3. The van der Waals surface area contributed by atoms with E-state index in [0.717, 1.165) is 39.0 Å². The van der Waals surface area contributed by atoms with Crippen LogP contribution in [-0.4, -0.2) is 0 Å². The van der Waals surface area contributed by atoms with Gasteiger partial charge < -0.3 is 9.32 Å². The van der Waals surface area contributed by atoms with Crippen LogP contribution in [0.25, 0.3) is 64.4 Å². The molecule has 3 aliphatic rings. The van der Waals surface area contributed by atoms with Crippen LogP contribution in [0.1, 0.15) is 47.2 Å². The van der Waals surface area contributed by atoms with E-state index < -0.39 is 5.41 Å². The summed E-state index contributed by atoms with van der Waals surface area (Å²) in [4.78, 5) is 5.12. The Labute approximate surface area is 367 Å². The van der Waals surface area contributed by atoms with E-state index in [4.69, 9.17) is 4.42 Å². The molecule has 1 aliphatic heterocycles. The maximum atomic E-state index is 7.11. The second-order valence-corrected chi connectivity index (χ2v) is 19.7. The summed E-state index contributed by atoms with van der Waals surface area (Å²) < 4.78 is 9.68. The van der Waals surface area contributed by atoms with E-state index in [-0.39, 0.29) is 5.41 Å². The molecule has 62 heavy (non-hydrogen) atoms. The highest BCUT2D eigenvalue weighted by Gasteiger charge is 2.50. The first-order valence-electron chi connectivity index (χ1n) is 21.4. The third-order valence-electron chi connectivity index (χ3n) is 14.1. The van der Waals surface area contributed by atoms with Crippen molar-refractivity contribution >= 4 is 82.3 Å². The summed E-state index contributed by atoms with van der Waals surface area (Å²) in [5.41, 5.74) is 17.7. The van der Waals surface area contributed by atoms with Crippen LogP contribution in [-0.2, 0) is 10.8 Å². The Morgan fingerprint density at radius 2 is 1.03 bits per heavy atom. The van der Waals surface area contributed by atoms with Gasteiger partial charge in [-0.05, 0) is 122 Å². The monoisotopic (exact) mass is 827 g/mol. The molecule has 0 atom stereocenters. The molecule has 14 rings (SSSR count). The Hall–Kier alpha value is -6.85. The van der Waals surface area contributed by atoms with Crippen LogP contribution >= 0.6 is 23.1 Å². The third kappa shape index (κ3) is 4.40. The van der Waals surface area contributed by atoms with Gasteiger partial charge in [-0.25, -0.2) is 0 Å². The van der Waals surface area contributed by atoms with Crippen molar-refractivity contribution < 1.29 is 4.42 Å². The number of thiophene rings is 1. The van der Waals surface area contributed by atoms with Gasteiger partial charge in [0.25, 0.3) is 0 Å². The Balaban J connectivity index is 1.07. The average molecular weight is 828 g/mol. The summed E-state index contributed by atoms with van der Waals surface area (Å²) in [6.07, 6.45) is 0. The predicted octanol–water partition coefficient (Wildman–Crippen LogP) is 16.6. The average Bonchev–Trinajstić information content (AvgIpc) is 4.02. The fourth-order valence-corrected chi connectivity index (χ4v) is 13.8. The van der Waals surface area contributed by atoms with Gasteiger partial charge in [0.05, 0.1) is 22.2 Å². The second kappa shape index (κ2) is 12.4. The molecular formula is C58H37NOS2. The maximum absolute atomic E-state index is 7.11. The molecule has 0 saturated heterocycles. The molecule has 2 aliphatic carbocycles. The zero-order valence-corrected chi connectivity index (χ0v) is 35.7. The number of hydrogen-bond acceptors (Lipinski definition) is 4. The zero-order valence-electron chi connectivity index (χ0n) is 34.1. The van der Waals surface area contributed by atoms with Crippen LogP contribution in [0.5, 0.6) is 0 Å². The van der Waals surface area contributed by atoms with E-state index in [0.29, 0.717) is 0 Å². The Morgan fingerprint density at radius 3 is 1.82 bits per heavy atom. The lowest BCUT2D eigenvalue weighted by molar-refractivity contribution is 0.660. The molecule has 0 saturated carbocycles. The molecule has 0 unspecified atom stereocenters. The molecule has 4 heteroatoms. The van der Waals surface area contributed by atoms with Crippen LogP contribution in [0.4, 0.5) is 17.1 Å². The van der Waals surface area contributed by atoms with Crippen LogP contribution < -0.4 is 4.90 Å². The molecule has 2 aromatic heterocycles. The van der Waals surface area contributed by atoms with E-state index in [9.17, 15) is 0 Å². The first-order chi connectivity index (χ1) is 30.5. The van der Waals surface area contributed by atoms with Gasteiger partial charge in [-0.15, -0.1) is 11.3 Å². The second-order valence-electron chi connectivity index (χ2n) is 17.5. The van der Waals surface area contributed by atoms with E-state index in [2.05, 4.69) is 207 Å². The van der Waals surface area contributed by atoms with E-state index in [1.54, 1.807) is 0 Å². The highest BCUT2D eigenvalue weighted by molar-refractivity contribution is 7.99. The lowest BCUT2D eigenvalue weighted by Gasteiger charge is -2.39. The van der Waals surface area contributed by atoms with Gasteiger partial charge in [0.1, 0.15) is 11.2 Å². The van der Waals surface area contributed by atoms with Crippen molar-refractivity contribution in [3.63, 3.8) is 0 Å². The molecule has 2 nitrogen and oxygen atoms in total. The third-order valence-corrected chi connectivity index (χ3v) is 16.4. The van der Waals surface area contributed by atoms with Gasteiger partial charge in [0.15, 0.2) is 0 Å². The Bertz CT molecular complexity index is 3690. The van der Waals surface area contributed by atoms with Crippen molar-refractivity contribution in [2.24, 2.45) is 0 Å². The number of anilines is 3. The molecule has 1 spiro atoms. The van der Waals surface area contributed by atoms with Crippen molar-refractivity contribution in [3.05, 3.63) is 221 Å². The molecule has 3 heterocycles. The standard InChI is InChI=1S/C58H37NOS2/c1-57(2)41-18-6-3-15-35(41)37-30-29-34(31-45(37)57)59(48-23-14-28-54-56(48)38-17-5-10-25-51(38)61-54)47-22-13-24-49-55(47)40-32-39-36-16-4-7-19-42(36)58(46(39)33-50(40)60-49)43-20-8-11-26-52(43)62-53-27-12-9-21-44(53)58/h3-33H,1-2H3. The largest absolute Gasteiger partial charge is 0.456 e. The first kappa shape index (κ1) is 34.8. The summed E-state index contributed by atoms with van der Waals surface area (Å²) >= 11 is 3.74. The highest BCUT2D eigenvalue weighted by atomic mass is 32.2. The van der Waals surface area contributed by atoms with Gasteiger partial charge >= 0.3 is 0 Å². The zero-order chi connectivity index (χ0) is 40.9. The fourth-order valence-electron chi connectivity index (χ4n) is 11.5. The minimum Gasteiger partial charge on any atom is -0.456 e. The molecule has 0 amide bonds. The maximum Gasteiger partial charge on any atom is 0.137 e. The van der Waals surface area contributed by atoms with Gasteiger partial charge in [0.2, 0.25) is 0 Å². The quantitative estimate of drug-likeness (QED) is 0.177. The topological polar surface area (TPSA) is 16.4 Å². The summed E-state index contributed by atoms with van der Waals surface area (Å²) in [6, 6.07) is 70.2. The Kier molecular flexibility index (Phi) is 6.95. The smallest absolute Gasteiger partial charge is 0.137 e. The van der Waals surface area contributed by atoms with Gasteiger partial charge in [-0.2, -0.15) is 0 Å². The lowest BCUT2D eigenvalue weighted by atomic mass is 9.67. The fraction of sp³-hybridized carbons (Fsp3) is 0.0690. The molecule has 0 radical (unpaired) electrons. The normalized spacial score (nSPS) is 14.8. The molecular weight excluding hydrogens is 791 g/mol. The minimum atomic E-state index is -0.475. The number of furan rings is 1. The molecule has 0 fully saturated rings. The SMILES string of the molecule is CC1(C)c2ccccc2-c2ccc(N(c3cccc4oc5cc6c(cc5c34)-c3ccccc3C63c4ccccc4Sc4ccccc43)c3cccc4sc5ccccc5c34)cc21. The van der Waals surface area contributed by atoms with E-state index in [1.165, 1.54) is 85.6 Å². The highest BCUT2D eigenvalue weighted by Crippen LogP contribution is 2.63. The van der Waals surface area contributed by atoms with Crippen molar-refractivity contribution in [2.45, 2.75) is 34.5 Å². The predicted molar refractivity (Wildman–Crippen MR) is 260 cm³/mol. The summed E-state index contributed by atoms with van der Waals surface area (Å²) in [6.45, 7) is 4.74. The summed E-state index contributed by atoms with van der Waals surface area (Å²) in [5, 5.41) is 4.78. The van der Waals surface area contributed by atoms with Crippen molar-refractivity contribution in [2.75, 3.05) is 4.90 Å². The summed E-state index contributed by atoms with van der Waals surface area (Å²) in [7, 11) is 0. The molecule has 11 aromatic rings. The van der Waals surface area contributed by atoms with Crippen molar-refractivity contribution in [1.29, 1.82) is 0 Å². The van der Waals surface area contributed by atoms with Crippen LogP contribution in [0.15, 0.2) is 202 Å². The van der Waals surface area contributed by atoms with E-state index in [1.807, 2.05) is 23.1 Å². The number of fused-ring (bicyclic) bond motifs is 18. The lowest BCUT2D eigenvalue weighted by Crippen LogP contribution is -2.31. The molecule has 292 valence electrons. The molecule has 0 N–H and O–H groups in total. The van der Waals surface area contributed by atoms with Crippen molar-refractivity contribution in [3.8, 4) is 22.3 Å². The van der Waals surface area contributed by atoms with Crippen LogP contribution in [0, 0.1) is 0 Å². The number of benzene rings is 9. The Morgan fingerprint density at radius 1 is 0.419 bits per heavy atom. The number of hydrogen-bond donors (Lipinski definition) is 0. The number of nitrogens with zero attached hydrogens (tertiary/aromatic N) is 1.